The first-order chi connectivity index (χ1) is 11.3. The average Bonchev–Trinajstić information content (AvgIpc) is 2.55. The Morgan fingerprint density at radius 2 is 1.75 bits per heavy atom. The van der Waals surface area contributed by atoms with E-state index in [0.29, 0.717) is 6.42 Å². The molecule has 0 aliphatic carbocycles. The molecule has 142 valence electrons. The Labute approximate surface area is 141 Å². The Bertz CT molecular complexity index is 390. The lowest BCUT2D eigenvalue weighted by Gasteiger charge is -2.45. The highest BCUT2D eigenvalue weighted by atomic mass is 16.6. The summed E-state index contributed by atoms with van der Waals surface area (Å²) in [4.78, 5) is 12.3. The molecular formula is C16H30O8. The molecule has 0 aromatic carbocycles. The first-order valence-electron chi connectivity index (χ1n) is 8.53. The molecule has 0 aromatic rings. The molecule has 8 nitrogen and oxygen atoms in total. The quantitative estimate of drug-likeness (QED) is 0.270. The molecule has 0 bridgehead atoms. The third kappa shape index (κ3) is 4.95. The van der Waals surface area contributed by atoms with Crippen molar-refractivity contribution in [3.63, 3.8) is 0 Å². The van der Waals surface area contributed by atoms with Gasteiger partial charge in [-0.3, -0.25) is 4.79 Å². The zero-order chi connectivity index (χ0) is 18.3. The molecular weight excluding hydrogens is 320 g/mol. The molecule has 0 radical (unpaired) electrons. The van der Waals surface area contributed by atoms with E-state index < -0.39 is 55.1 Å². The number of ether oxygens (including phenoxy) is 1. The van der Waals surface area contributed by atoms with Gasteiger partial charge in [0.1, 0.15) is 18.3 Å². The molecule has 0 saturated carbocycles. The number of ketones is 1. The van der Waals surface area contributed by atoms with Crippen molar-refractivity contribution in [2.24, 2.45) is 0 Å². The second-order valence-corrected chi connectivity index (χ2v) is 6.45. The van der Waals surface area contributed by atoms with Crippen molar-refractivity contribution >= 4 is 5.78 Å². The molecule has 8 heteroatoms. The van der Waals surface area contributed by atoms with Crippen LogP contribution in [0.25, 0.3) is 0 Å². The fraction of sp³-hybridized carbons (Fsp3) is 0.938. The number of aliphatic hydroxyl groups is 6. The van der Waals surface area contributed by atoms with Gasteiger partial charge in [-0.1, -0.05) is 39.0 Å². The zero-order valence-electron chi connectivity index (χ0n) is 14.0. The molecule has 1 aliphatic rings. The number of aliphatic hydroxyl groups excluding tert-OH is 5. The molecule has 24 heavy (non-hydrogen) atoms. The van der Waals surface area contributed by atoms with Crippen LogP contribution in [0.5, 0.6) is 0 Å². The van der Waals surface area contributed by atoms with E-state index in [2.05, 4.69) is 6.92 Å². The van der Waals surface area contributed by atoms with Crippen molar-refractivity contribution in [3.05, 3.63) is 0 Å². The first-order valence-corrected chi connectivity index (χ1v) is 8.53. The van der Waals surface area contributed by atoms with Gasteiger partial charge in [-0.25, -0.2) is 0 Å². The highest BCUT2D eigenvalue weighted by Gasteiger charge is 2.58. The van der Waals surface area contributed by atoms with Gasteiger partial charge in [-0.15, -0.1) is 0 Å². The fourth-order valence-electron chi connectivity index (χ4n) is 2.94. The monoisotopic (exact) mass is 350 g/mol. The van der Waals surface area contributed by atoms with Crippen molar-refractivity contribution in [3.8, 4) is 0 Å². The second kappa shape index (κ2) is 9.76. The Morgan fingerprint density at radius 1 is 1.12 bits per heavy atom. The average molecular weight is 350 g/mol. The number of Topliss-reactive ketones (excluding diaryl/α,β-unsaturated/α-hetero) is 1. The minimum atomic E-state index is -2.70. The van der Waals surface area contributed by atoms with Crippen LogP contribution < -0.4 is 0 Å². The van der Waals surface area contributed by atoms with E-state index in [9.17, 15) is 30.3 Å². The van der Waals surface area contributed by atoms with E-state index >= 15 is 0 Å². The van der Waals surface area contributed by atoms with Crippen molar-refractivity contribution < 1.29 is 40.2 Å². The van der Waals surface area contributed by atoms with Crippen LogP contribution in [0.2, 0.25) is 0 Å². The van der Waals surface area contributed by atoms with Gasteiger partial charge in [-0.2, -0.15) is 0 Å². The van der Waals surface area contributed by atoms with Crippen LogP contribution in [0.1, 0.15) is 51.9 Å². The maximum Gasteiger partial charge on any atom is 0.184 e. The molecule has 1 saturated heterocycles. The third-order valence-electron chi connectivity index (χ3n) is 4.53. The van der Waals surface area contributed by atoms with Gasteiger partial charge in [0, 0.05) is 6.42 Å². The van der Waals surface area contributed by atoms with E-state index in [4.69, 9.17) is 9.84 Å². The van der Waals surface area contributed by atoms with Crippen LogP contribution in [-0.2, 0) is 9.53 Å². The van der Waals surface area contributed by atoms with E-state index in [0.717, 1.165) is 32.1 Å². The molecule has 1 rings (SSSR count). The predicted molar refractivity (Wildman–Crippen MR) is 83.9 cm³/mol. The Balaban J connectivity index is 2.62. The smallest absolute Gasteiger partial charge is 0.184 e. The van der Waals surface area contributed by atoms with E-state index in [-0.39, 0.29) is 0 Å². The van der Waals surface area contributed by atoms with Gasteiger partial charge in [0.25, 0.3) is 0 Å². The van der Waals surface area contributed by atoms with Crippen LogP contribution in [0.15, 0.2) is 0 Å². The molecule has 1 heterocycles. The van der Waals surface area contributed by atoms with Crippen LogP contribution in [-0.4, -0.2) is 79.3 Å². The standard InChI is InChI=1S/C16H30O8/c1-2-3-4-5-6-7-10(18)8-12(19)16(23)13(20)11(9-17)24-15(22)14(16)21/h10-11,13-15,17-18,20-23H,2-9H2,1H3/t10?,11-,13-,14+,15-,16+/m1/s1. The van der Waals surface area contributed by atoms with Gasteiger partial charge in [0.05, 0.1) is 12.7 Å². The SMILES string of the molecule is CCCCCCCC(O)CC(=O)[C@]1(O)[C@H](O)[C@@H](CO)O[C@@H](O)[C@@H]1O. The third-order valence-corrected chi connectivity index (χ3v) is 4.53. The maximum atomic E-state index is 12.3. The second-order valence-electron chi connectivity index (χ2n) is 6.45. The van der Waals surface area contributed by atoms with Gasteiger partial charge in [0.15, 0.2) is 17.7 Å². The van der Waals surface area contributed by atoms with Gasteiger partial charge < -0.3 is 35.4 Å². The molecule has 0 aromatic heterocycles. The van der Waals surface area contributed by atoms with Gasteiger partial charge in [-0.05, 0) is 6.42 Å². The summed E-state index contributed by atoms with van der Waals surface area (Å²) in [7, 11) is 0. The molecule has 6 atom stereocenters. The van der Waals surface area contributed by atoms with Gasteiger partial charge >= 0.3 is 0 Å². The van der Waals surface area contributed by atoms with Crippen LogP contribution in [0, 0.1) is 0 Å². The highest BCUT2D eigenvalue weighted by Crippen LogP contribution is 2.31. The lowest BCUT2D eigenvalue weighted by atomic mass is 9.78. The molecule has 0 amide bonds. The van der Waals surface area contributed by atoms with E-state index in [1.807, 2.05) is 0 Å². The lowest BCUT2D eigenvalue weighted by molar-refractivity contribution is -0.311. The zero-order valence-corrected chi connectivity index (χ0v) is 14.0. The van der Waals surface area contributed by atoms with Crippen LogP contribution >= 0.6 is 0 Å². The lowest BCUT2D eigenvalue weighted by Crippen LogP contribution is -2.70. The Hall–Kier alpha value is -0.610. The summed E-state index contributed by atoms with van der Waals surface area (Å²) >= 11 is 0. The first kappa shape index (κ1) is 21.4. The van der Waals surface area contributed by atoms with Crippen molar-refractivity contribution in [1.82, 2.24) is 0 Å². The molecule has 1 aliphatic heterocycles. The number of hydrogen-bond donors (Lipinski definition) is 6. The highest BCUT2D eigenvalue weighted by molar-refractivity contribution is 5.89. The van der Waals surface area contributed by atoms with E-state index in [1.165, 1.54) is 0 Å². The largest absolute Gasteiger partial charge is 0.394 e. The Kier molecular flexibility index (Phi) is 8.72. The molecule has 1 fully saturated rings. The Morgan fingerprint density at radius 3 is 2.33 bits per heavy atom. The van der Waals surface area contributed by atoms with Crippen molar-refractivity contribution in [2.75, 3.05) is 6.61 Å². The number of rotatable bonds is 10. The minimum absolute atomic E-state index is 0.361. The molecule has 6 N–H and O–H groups in total. The summed E-state index contributed by atoms with van der Waals surface area (Å²) in [6.07, 6.45) is -3.55. The summed E-state index contributed by atoms with van der Waals surface area (Å²) in [5.41, 5.74) is -2.70. The fourth-order valence-corrected chi connectivity index (χ4v) is 2.94. The van der Waals surface area contributed by atoms with E-state index in [1.54, 1.807) is 0 Å². The summed E-state index contributed by atoms with van der Waals surface area (Å²) in [5, 5.41) is 58.9. The molecule has 1 unspecified atom stereocenters. The number of unbranched alkanes of at least 4 members (excludes halogenated alkanes) is 4. The molecule has 0 spiro atoms. The topological polar surface area (TPSA) is 148 Å². The number of carbonyl (C=O) groups is 1. The maximum absolute atomic E-state index is 12.3. The van der Waals surface area contributed by atoms with Gasteiger partial charge in [0.2, 0.25) is 0 Å². The summed E-state index contributed by atoms with van der Waals surface area (Å²) in [6, 6.07) is 0. The summed E-state index contributed by atoms with van der Waals surface area (Å²) in [5.74, 6) is -0.996. The van der Waals surface area contributed by atoms with Crippen LogP contribution in [0.3, 0.4) is 0 Å². The normalized spacial score (nSPS) is 35.0. The van der Waals surface area contributed by atoms with Crippen LogP contribution in [0.4, 0.5) is 0 Å². The number of carbonyl (C=O) groups excluding carboxylic acids is 1. The number of hydrogen-bond acceptors (Lipinski definition) is 8. The predicted octanol–water partition coefficient (Wildman–Crippen LogP) is -1.17. The minimum Gasteiger partial charge on any atom is -0.394 e. The summed E-state index contributed by atoms with van der Waals surface area (Å²) < 4.78 is 4.74. The van der Waals surface area contributed by atoms with Crippen molar-refractivity contribution in [1.29, 1.82) is 0 Å². The summed E-state index contributed by atoms with van der Waals surface area (Å²) in [6.45, 7) is 1.34. The van der Waals surface area contributed by atoms with Crippen molar-refractivity contribution in [2.45, 2.75) is 88.2 Å².